The van der Waals surface area contributed by atoms with E-state index in [1.807, 2.05) is 19.1 Å². The van der Waals surface area contributed by atoms with Gasteiger partial charge in [-0.1, -0.05) is 24.3 Å². The Labute approximate surface area is 190 Å². The lowest BCUT2D eigenvalue weighted by atomic mass is 10.1. The maximum Gasteiger partial charge on any atom is 0.469 e. The van der Waals surface area contributed by atoms with Crippen molar-refractivity contribution in [2.24, 2.45) is 0 Å². The number of hydrogen-bond acceptors (Lipinski definition) is 6. The summed E-state index contributed by atoms with van der Waals surface area (Å²) >= 11 is 0.370. The molecule has 0 saturated heterocycles. The van der Waals surface area contributed by atoms with Crippen LogP contribution in [0.3, 0.4) is 0 Å². The fourth-order valence-electron chi connectivity index (χ4n) is 2.81. The number of carbonyl (C=O) groups excluding carboxylic acids is 1. The van der Waals surface area contributed by atoms with E-state index in [-0.39, 0.29) is 30.4 Å². The molecule has 2 aromatic rings. The second-order valence-corrected chi connectivity index (χ2v) is 9.34. The maximum absolute atomic E-state index is 11.9. The van der Waals surface area contributed by atoms with E-state index in [9.17, 15) is 14.5 Å². The molecule has 0 atom stereocenters. The summed E-state index contributed by atoms with van der Waals surface area (Å²) in [6.07, 6.45) is 2.21. The van der Waals surface area contributed by atoms with Gasteiger partial charge < -0.3 is 25.5 Å². The lowest BCUT2D eigenvalue weighted by molar-refractivity contribution is -0.116. The summed E-state index contributed by atoms with van der Waals surface area (Å²) in [6, 6.07) is 7.25. The van der Waals surface area contributed by atoms with Gasteiger partial charge in [-0.05, 0) is 26.3 Å². The van der Waals surface area contributed by atoms with Crippen molar-refractivity contribution in [2.45, 2.75) is 33.7 Å². The van der Waals surface area contributed by atoms with Crippen molar-refractivity contribution >= 4 is 36.5 Å². The molecule has 0 aliphatic heterocycles. The lowest BCUT2D eigenvalue weighted by Gasteiger charge is -2.22. The first kappa shape index (κ1) is 25.9. The lowest BCUT2D eigenvalue weighted by Crippen LogP contribution is -2.22. The molecule has 0 aliphatic carbocycles. The first-order valence-electron chi connectivity index (χ1n) is 9.55. The Kier molecular flexibility index (Phi) is 9.26. The molecular weight excluding hydrogens is 455 g/mol. The van der Waals surface area contributed by atoms with Crippen LogP contribution in [0.15, 0.2) is 41.1 Å². The number of anilines is 1. The fourth-order valence-corrected chi connectivity index (χ4v) is 4.26. The van der Waals surface area contributed by atoms with Gasteiger partial charge in [-0.2, -0.15) is 0 Å². The molecule has 2 rings (SSSR count). The highest BCUT2D eigenvalue weighted by Crippen LogP contribution is 2.36. The number of nitrogens with zero attached hydrogens (tertiary/aromatic N) is 3. The van der Waals surface area contributed by atoms with Crippen molar-refractivity contribution in [3.05, 3.63) is 63.6 Å². The molecule has 0 fully saturated rings. The molecule has 10 nitrogen and oxygen atoms in total. The van der Waals surface area contributed by atoms with Gasteiger partial charge in [0.2, 0.25) is 6.41 Å². The molecule has 0 unspecified atom stereocenters. The Hall–Kier alpha value is -2.40. The molecule has 1 heterocycles. The Morgan fingerprint density at radius 1 is 1.31 bits per heavy atom. The second kappa shape index (κ2) is 11.5. The summed E-state index contributed by atoms with van der Waals surface area (Å²) in [7, 11) is -4.66. The average Bonchev–Trinajstić information content (AvgIpc) is 2.71. The Bertz CT molecular complexity index is 1090. The van der Waals surface area contributed by atoms with Gasteiger partial charge in [0, 0.05) is 34.3 Å². The molecule has 32 heavy (non-hydrogen) atoms. The van der Waals surface area contributed by atoms with E-state index >= 15 is 0 Å². The van der Waals surface area contributed by atoms with Gasteiger partial charge in [0.1, 0.15) is 16.7 Å². The first-order chi connectivity index (χ1) is 15.0. The van der Waals surface area contributed by atoms with Gasteiger partial charge in [-0.25, -0.2) is 14.5 Å². The average molecular weight is 482 g/mol. The van der Waals surface area contributed by atoms with Crippen molar-refractivity contribution in [1.82, 2.24) is 14.9 Å². The van der Waals surface area contributed by atoms with Crippen LogP contribution in [0.25, 0.3) is 0 Å². The van der Waals surface area contributed by atoms with Crippen LogP contribution in [0.4, 0.5) is 5.82 Å². The number of rotatable bonds is 10. The summed E-state index contributed by atoms with van der Waals surface area (Å²) in [5, 5.41) is 10.8. The normalized spacial score (nSPS) is 13.2. The third-order valence-corrected chi connectivity index (χ3v) is 6.35. The monoisotopic (exact) mass is 482 g/mol. The number of allylic oxidation sites excluding steroid dienone is 1. The number of aliphatic hydroxyl groups is 1. The van der Waals surface area contributed by atoms with Crippen LogP contribution in [0, 0.1) is 13.8 Å². The van der Waals surface area contributed by atoms with Gasteiger partial charge in [-0.3, -0.25) is 9.32 Å². The Morgan fingerprint density at radius 3 is 2.59 bits per heavy atom. The Morgan fingerprint density at radius 2 is 2.00 bits per heavy atom. The molecular formula is C20H27N4O6PS. The number of hydrogen-bond donors (Lipinski definition) is 5. The van der Waals surface area contributed by atoms with Crippen LogP contribution in [0.1, 0.15) is 35.9 Å². The molecule has 1 amide bonds. The van der Waals surface area contributed by atoms with Crippen molar-refractivity contribution < 1.29 is 28.8 Å². The highest BCUT2D eigenvalue weighted by Gasteiger charge is 2.17. The maximum atomic E-state index is 11.9. The molecule has 12 heteroatoms. The van der Waals surface area contributed by atoms with Crippen LogP contribution < -0.4 is 5.73 Å². The van der Waals surface area contributed by atoms with Crippen LogP contribution in [-0.4, -0.2) is 47.8 Å². The number of phosphoric ester groups is 1. The minimum atomic E-state index is -4.66. The number of aliphatic hydroxyl groups excluding tert-OH is 1. The molecule has 0 aliphatic rings. The van der Waals surface area contributed by atoms with Gasteiger partial charge in [0.05, 0.1) is 13.2 Å². The number of nitrogens with two attached hydrogens (primary N) is 1. The molecule has 0 radical (unpaired) electrons. The van der Waals surface area contributed by atoms with E-state index in [1.54, 1.807) is 26.0 Å². The highest BCUT2D eigenvalue weighted by atomic mass is 32.1. The zero-order chi connectivity index (χ0) is 23.9. The highest BCUT2D eigenvalue weighted by molar-refractivity contribution is 8.02. The quantitative estimate of drug-likeness (QED) is 0.148. The van der Waals surface area contributed by atoms with E-state index in [2.05, 4.69) is 14.5 Å². The minimum Gasteiger partial charge on any atom is -0.383 e. The molecule has 0 bridgehead atoms. The predicted molar refractivity (Wildman–Crippen MR) is 125 cm³/mol. The minimum absolute atomic E-state index is 0.0395. The Balaban J connectivity index is 2.43. The molecule has 0 saturated carbocycles. The number of aromatic nitrogens is 2. The van der Waals surface area contributed by atoms with Crippen LogP contribution >= 0.6 is 19.2 Å². The number of thiol groups is 1. The van der Waals surface area contributed by atoms with Crippen molar-refractivity contribution in [3.8, 4) is 0 Å². The zero-order valence-electron chi connectivity index (χ0n) is 18.0. The zero-order valence-corrected chi connectivity index (χ0v) is 19.8. The summed E-state index contributed by atoms with van der Waals surface area (Å²) in [5.74, 6) is 0.748. The second-order valence-electron chi connectivity index (χ2n) is 6.92. The van der Waals surface area contributed by atoms with E-state index < -0.39 is 7.82 Å². The standard InChI is InChI=1S/C20H27N4O6PS/c1-13-6-4-5-7-17(13)20(26)32-18(8-9-30-31(27,28)29)14(2)24(12-25)11-16-10-22-15(3)23-19(16)21/h4-7,10,12,26,32H,8-9,11H2,1-3H3,(H2,21,22,23)(H2,27,28,29)/b18-14-. The van der Waals surface area contributed by atoms with Crippen LogP contribution in [-0.2, 0) is 20.4 Å². The van der Waals surface area contributed by atoms with Crippen LogP contribution in [0.2, 0.25) is 0 Å². The van der Waals surface area contributed by atoms with Gasteiger partial charge in [0.25, 0.3) is 0 Å². The largest absolute Gasteiger partial charge is 0.469 e. The molecule has 174 valence electrons. The summed E-state index contributed by atoms with van der Waals surface area (Å²) in [5.41, 5.74) is 8.45. The number of nitrogen functional groups attached to an aromatic ring is 1. The third-order valence-electron chi connectivity index (χ3n) is 4.56. The van der Waals surface area contributed by atoms with Gasteiger partial charge in [0.15, 0.2) is 0 Å². The molecule has 0 spiro atoms. The van der Waals surface area contributed by atoms with E-state index in [0.29, 0.717) is 45.3 Å². The number of carbonyl (C=O) groups is 1. The molecule has 1 aromatic heterocycles. The number of benzene rings is 1. The van der Waals surface area contributed by atoms with Crippen molar-refractivity contribution in [1.29, 1.82) is 0 Å². The summed E-state index contributed by atoms with van der Waals surface area (Å²) in [4.78, 5) is 39.9. The smallest absolute Gasteiger partial charge is 0.383 e. The summed E-state index contributed by atoms with van der Waals surface area (Å²) in [6.45, 7) is 5.01. The summed E-state index contributed by atoms with van der Waals surface area (Å²) < 4.78 is 15.6. The van der Waals surface area contributed by atoms with E-state index in [1.165, 1.54) is 11.1 Å². The van der Waals surface area contributed by atoms with Gasteiger partial charge >= 0.3 is 7.82 Å². The third kappa shape index (κ3) is 7.63. The van der Waals surface area contributed by atoms with Crippen molar-refractivity contribution in [2.75, 3.05) is 12.3 Å². The molecule has 1 aromatic carbocycles. The first-order valence-corrected chi connectivity index (χ1v) is 12.0. The number of aryl methyl sites for hydroxylation is 2. The van der Waals surface area contributed by atoms with Crippen LogP contribution in [0.5, 0.6) is 0 Å². The SMILES string of the molecule is C/C(=C(CCOP(=O)(O)O)/[SH]=C(\O)c1ccccc1C)N(C=O)Cc1cnc(C)nc1N. The van der Waals surface area contributed by atoms with Crippen molar-refractivity contribution in [3.63, 3.8) is 0 Å². The molecule has 5 N–H and O–H groups in total. The number of phosphoric acid groups is 1. The van der Waals surface area contributed by atoms with E-state index in [4.69, 9.17) is 15.5 Å². The fraction of sp³-hybridized carbons (Fsp3) is 0.300. The number of amides is 1. The van der Waals surface area contributed by atoms with Gasteiger partial charge in [-0.15, -0.1) is 11.4 Å². The predicted octanol–water partition coefficient (Wildman–Crippen LogP) is 2.57. The van der Waals surface area contributed by atoms with E-state index in [0.717, 1.165) is 5.56 Å². The topological polar surface area (TPSA) is 159 Å².